The van der Waals surface area contributed by atoms with Crippen LogP contribution in [0.25, 0.3) is 90.4 Å². The second-order valence-electron chi connectivity index (χ2n) is 13.8. The van der Waals surface area contributed by atoms with E-state index < -0.39 is 0 Å². The van der Waals surface area contributed by atoms with E-state index >= 15 is 0 Å². The van der Waals surface area contributed by atoms with Crippen molar-refractivity contribution in [3.05, 3.63) is 197 Å². The van der Waals surface area contributed by atoms with Crippen LogP contribution < -0.4 is 9.97 Å². The minimum absolute atomic E-state index is 0. The Labute approximate surface area is 354 Å². The standard InChI is InChI=1S/C51H32BrN5.Ni/c52-38-21-23-39(24-22-38)53-32-37-31-46-49(35-17-9-3-10-18-35)44-28-27-42(55-44)47(33-13-5-1-6-14-33)40-25-26-41(54-40)48(34-15-7-2-8-16-34)43-29-30-45(56-43)50(51(37)57-46)36-19-11-4-12-20-36;/h1-32H;/q-2;+2. The average Bonchev–Trinajstić information content (AvgIpc) is 4.10. The summed E-state index contributed by atoms with van der Waals surface area (Å²) in [5.74, 6) is 0. The number of hydrogen-bond acceptors (Lipinski definition) is 3. The minimum atomic E-state index is 0. The van der Waals surface area contributed by atoms with Crippen LogP contribution in [0.1, 0.15) is 22.8 Å². The largest absolute Gasteiger partial charge is 2.00 e. The summed E-state index contributed by atoms with van der Waals surface area (Å²) in [6, 6.07) is 57.9. The van der Waals surface area contributed by atoms with Crippen molar-refractivity contribution in [2.75, 3.05) is 0 Å². The molecule has 5 aromatic carbocycles. The van der Waals surface area contributed by atoms with Crippen molar-refractivity contribution in [1.29, 1.82) is 0 Å². The Bertz CT molecular complexity index is 3040. The maximum absolute atomic E-state index is 5.54. The Kier molecular flexibility index (Phi) is 10.2. The van der Waals surface area contributed by atoms with Crippen molar-refractivity contribution in [1.82, 2.24) is 19.9 Å². The predicted molar refractivity (Wildman–Crippen MR) is 240 cm³/mol. The Hall–Kier alpha value is -6.66. The summed E-state index contributed by atoms with van der Waals surface area (Å²) in [6.07, 6.45) is 8.25. The van der Waals surface area contributed by atoms with E-state index in [4.69, 9.17) is 24.9 Å². The fourth-order valence-electron chi connectivity index (χ4n) is 7.56. The van der Waals surface area contributed by atoms with Crippen molar-refractivity contribution >= 4 is 73.7 Å². The molecule has 0 fully saturated rings. The molecule has 0 saturated carbocycles. The molecule has 5 heterocycles. The number of hydrogen-bond donors (Lipinski definition) is 0. The van der Waals surface area contributed by atoms with E-state index in [1.165, 1.54) is 0 Å². The normalized spacial score (nSPS) is 12.1. The molecule has 10 rings (SSSR count). The summed E-state index contributed by atoms with van der Waals surface area (Å²) in [7, 11) is 0. The molecule has 0 N–H and O–H groups in total. The SMILES string of the molecule is Brc1ccc(N=CC2=Cc3nc2c(-c2ccccc2)c2ccc([n-]2)c(-c2ccccc2)c2nc(c(-c4ccccc4)c4ccc([n-]4)c3-c3ccccc3)C=C2)cc1.[Ni+2]. The van der Waals surface area contributed by atoms with Crippen LogP contribution in [0, 0.1) is 0 Å². The molecule has 8 aromatic rings. The van der Waals surface area contributed by atoms with Gasteiger partial charge >= 0.3 is 16.5 Å². The number of rotatable bonds is 6. The van der Waals surface area contributed by atoms with Gasteiger partial charge in [0.15, 0.2) is 0 Å². The van der Waals surface area contributed by atoms with Crippen molar-refractivity contribution in [3.8, 4) is 44.5 Å². The molecule has 0 spiro atoms. The van der Waals surface area contributed by atoms with Gasteiger partial charge in [-0.1, -0.05) is 162 Å². The van der Waals surface area contributed by atoms with E-state index in [1.54, 1.807) is 0 Å². The van der Waals surface area contributed by atoms with Gasteiger partial charge < -0.3 is 9.97 Å². The summed E-state index contributed by atoms with van der Waals surface area (Å²) < 4.78 is 0.997. The Balaban J connectivity index is 0.00000436. The van der Waals surface area contributed by atoms with E-state index in [9.17, 15) is 0 Å². The van der Waals surface area contributed by atoms with Crippen LogP contribution in [0.2, 0.25) is 0 Å². The monoisotopic (exact) mass is 851 g/mol. The quantitative estimate of drug-likeness (QED) is 0.123. The Morgan fingerprint density at radius 1 is 0.431 bits per heavy atom. The first-order valence-corrected chi connectivity index (χ1v) is 19.6. The Morgan fingerprint density at radius 3 is 1.28 bits per heavy atom. The maximum Gasteiger partial charge on any atom is 2.00 e. The van der Waals surface area contributed by atoms with E-state index in [0.29, 0.717) is 0 Å². The van der Waals surface area contributed by atoms with Gasteiger partial charge in [-0.25, -0.2) is 9.97 Å². The molecule has 0 saturated heterocycles. The summed E-state index contributed by atoms with van der Waals surface area (Å²) >= 11 is 3.56. The molecule has 0 radical (unpaired) electrons. The zero-order chi connectivity index (χ0) is 38.1. The maximum atomic E-state index is 5.54. The summed E-state index contributed by atoms with van der Waals surface area (Å²) in [4.78, 5) is 26.7. The number of fused-ring (bicyclic) bond motifs is 8. The van der Waals surface area contributed by atoms with Crippen molar-refractivity contribution in [2.45, 2.75) is 0 Å². The van der Waals surface area contributed by atoms with Crippen LogP contribution in [-0.4, -0.2) is 16.2 Å². The molecule has 0 amide bonds. The van der Waals surface area contributed by atoms with Crippen LogP contribution in [0.4, 0.5) is 5.69 Å². The number of allylic oxidation sites excluding steroid dienone is 1. The van der Waals surface area contributed by atoms with Gasteiger partial charge in [0.2, 0.25) is 0 Å². The molecule has 58 heavy (non-hydrogen) atoms. The summed E-state index contributed by atoms with van der Waals surface area (Å²) in [5.41, 5.74) is 16.0. The topological polar surface area (TPSA) is 66.3 Å². The first-order chi connectivity index (χ1) is 28.2. The first kappa shape index (κ1) is 37.0. The summed E-state index contributed by atoms with van der Waals surface area (Å²) in [5, 5.41) is 0. The number of aliphatic imine (C=N–C) groups is 1. The Morgan fingerprint density at radius 2 is 0.828 bits per heavy atom. The van der Waals surface area contributed by atoms with E-state index in [2.05, 4.69) is 155 Å². The van der Waals surface area contributed by atoms with Gasteiger partial charge in [0.05, 0.1) is 28.5 Å². The smallest absolute Gasteiger partial charge is 0.657 e. The molecule has 2 aliphatic rings. The van der Waals surface area contributed by atoms with Gasteiger partial charge in [0, 0.05) is 16.3 Å². The minimum Gasteiger partial charge on any atom is -0.657 e. The third-order valence-electron chi connectivity index (χ3n) is 10.2. The van der Waals surface area contributed by atoms with Crippen molar-refractivity contribution in [3.63, 3.8) is 0 Å². The molecule has 7 heteroatoms. The van der Waals surface area contributed by atoms with Crippen LogP contribution in [0.5, 0.6) is 0 Å². The van der Waals surface area contributed by atoms with Crippen LogP contribution >= 0.6 is 15.9 Å². The molecule has 278 valence electrons. The van der Waals surface area contributed by atoms with Gasteiger partial charge in [0.25, 0.3) is 0 Å². The molecule has 5 nitrogen and oxygen atoms in total. The molecule has 0 unspecified atom stereocenters. The fraction of sp³-hybridized carbons (Fsp3) is 0. The molecular formula is C51H32BrN5Ni. The van der Waals surface area contributed by atoms with Gasteiger partial charge in [-0.2, -0.15) is 0 Å². The second-order valence-corrected chi connectivity index (χ2v) is 14.7. The summed E-state index contributed by atoms with van der Waals surface area (Å²) in [6.45, 7) is 0. The predicted octanol–water partition coefficient (Wildman–Crippen LogP) is 13.1. The van der Waals surface area contributed by atoms with Gasteiger partial charge in [0.1, 0.15) is 0 Å². The van der Waals surface area contributed by atoms with E-state index in [0.717, 1.165) is 105 Å². The third kappa shape index (κ3) is 7.11. The van der Waals surface area contributed by atoms with Crippen LogP contribution in [0.3, 0.4) is 0 Å². The van der Waals surface area contributed by atoms with E-state index in [1.807, 2.05) is 54.7 Å². The second kappa shape index (κ2) is 16.1. The third-order valence-corrected chi connectivity index (χ3v) is 10.7. The first-order valence-electron chi connectivity index (χ1n) is 18.8. The van der Waals surface area contributed by atoms with Crippen LogP contribution in [0.15, 0.2) is 179 Å². The van der Waals surface area contributed by atoms with Gasteiger partial charge in [-0.05, 0) is 87.0 Å². The number of aromatic nitrogens is 4. The molecule has 0 atom stereocenters. The fourth-order valence-corrected chi connectivity index (χ4v) is 7.82. The zero-order valence-corrected chi connectivity index (χ0v) is 33.5. The number of benzene rings is 5. The number of halogens is 1. The number of nitrogens with zero attached hydrogens (tertiary/aromatic N) is 5. The van der Waals surface area contributed by atoms with Crippen molar-refractivity contribution < 1.29 is 16.5 Å². The molecule has 2 aliphatic heterocycles. The van der Waals surface area contributed by atoms with Crippen LogP contribution in [-0.2, 0) is 16.5 Å². The van der Waals surface area contributed by atoms with Gasteiger partial charge in [-0.3, -0.25) is 4.99 Å². The zero-order valence-electron chi connectivity index (χ0n) is 30.9. The van der Waals surface area contributed by atoms with Gasteiger partial charge in [-0.15, -0.1) is 22.1 Å². The molecular weight excluding hydrogens is 821 g/mol. The molecule has 8 bridgehead atoms. The molecule has 0 aliphatic carbocycles. The average molecular weight is 853 g/mol. The van der Waals surface area contributed by atoms with Crippen molar-refractivity contribution in [2.24, 2.45) is 4.99 Å². The molecule has 3 aromatic heterocycles. The van der Waals surface area contributed by atoms with E-state index in [-0.39, 0.29) is 16.5 Å².